The van der Waals surface area contributed by atoms with Gasteiger partial charge < -0.3 is 4.74 Å². The van der Waals surface area contributed by atoms with Crippen LogP contribution in [0.1, 0.15) is 11.5 Å². The molecule has 3 aromatic heterocycles. The molecule has 0 N–H and O–H groups in total. The monoisotopic (exact) mass is 269 g/mol. The molecule has 0 amide bonds. The molecule has 0 radical (unpaired) electrons. The number of aryl methyl sites for hydroxylation is 2. The molecular weight excluding hydrogens is 254 g/mol. The highest BCUT2D eigenvalue weighted by molar-refractivity contribution is 5.69. The van der Waals surface area contributed by atoms with Crippen LogP contribution in [0.3, 0.4) is 0 Å². The Morgan fingerprint density at radius 3 is 2.75 bits per heavy atom. The number of fused-ring (bicyclic) bond motifs is 1. The van der Waals surface area contributed by atoms with E-state index in [1.165, 1.54) is 0 Å². The summed E-state index contributed by atoms with van der Waals surface area (Å²) in [6, 6.07) is 0. The zero-order valence-electron chi connectivity index (χ0n) is 11.7. The van der Waals surface area contributed by atoms with E-state index in [4.69, 9.17) is 4.74 Å². The lowest BCUT2D eigenvalue weighted by Crippen LogP contribution is -1.97. The van der Waals surface area contributed by atoms with E-state index in [9.17, 15) is 0 Å². The van der Waals surface area contributed by atoms with Crippen LogP contribution in [0, 0.1) is 6.92 Å². The predicted molar refractivity (Wildman–Crippen MR) is 76.6 cm³/mol. The van der Waals surface area contributed by atoms with Gasteiger partial charge in [-0.25, -0.2) is 9.67 Å². The van der Waals surface area contributed by atoms with Crippen molar-refractivity contribution in [3.63, 3.8) is 0 Å². The molecule has 0 aliphatic heterocycles. The van der Waals surface area contributed by atoms with Gasteiger partial charge in [-0.3, -0.25) is 9.38 Å². The Bertz CT molecular complexity index is 799. The number of rotatable bonds is 3. The molecule has 0 spiro atoms. The highest BCUT2D eigenvalue weighted by Crippen LogP contribution is 2.31. The maximum absolute atomic E-state index is 5.42. The molecule has 0 aliphatic carbocycles. The number of nitrogens with zero attached hydrogens (tertiary/aromatic N) is 5. The standard InChI is InChI=1S/C14H15N5O/c1-5-12-16-7-10-6-15-11(8-19(10)12)13-9(2)17-18(3)14(13)20-4/h5-8H,1H2,2-4H3. The third kappa shape index (κ3) is 1.69. The number of aromatic nitrogens is 5. The van der Waals surface area contributed by atoms with Gasteiger partial charge in [0.1, 0.15) is 5.82 Å². The highest BCUT2D eigenvalue weighted by Gasteiger charge is 2.17. The number of hydrogen-bond donors (Lipinski definition) is 0. The van der Waals surface area contributed by atoms with Crippen molar-refractivity contribution in [3.05, 3.63) is 36.7 Å². The number of methoxy groups -OCH3 is 1. The second-order valence-electron chi connectivity index (χ2n) is 4.48. The maximum Gasteiger partial charge on any atom is 0.221 e. The largest absolute Gasteiger partial charge is 0.481 e. The van der Waals surface area contributed by atoms with Crippen molar-refractivity contribution in [1.29, 1.82) is 0 Å². The van der Waals surface area contributed by atoms with Crippen molar-refractivity contribution < 1.29 is 4.74 Å². The molecular formula is C14H15N5O. The summed E-state index contributed by atoms with van der Waals surface area (Å²) in [6.45, 7) is 5.70. The summed E-state index contributed by atoms with van der Waals surface area (Å²) in [5, 5.41) is 4.38. The zero-order valence-corrected chi connectivity index (χ0v) is 11.7. The van der Waals surface area contributed by atoms with Gasteiger partial charge in [0, 0.05) is 13.2 Å². The Labute approximate surface area is 116 Å². The van der Waals surface area contributed by atoms with Crippen molar-refractivity contribution in [3.8, 4) is 17.1 Å². The maximum atomic E-state index is 5.42. The molecule has 6 nitrogen and oxygen atoms in total. The first-order valence-corrected chi connectivity index (χ1v) is 6.19. The molecule has 0 atom stereocenters. The molecule has 3 heterocycles. The minimum atomic E-state index is 0.689. The molecule has 20 heavy (non-hydrogen) atoms. The predicted octanol–water partition coefficient (Wildman–Crippen LogP) is 2.09. The first-order chi connectivity index (χ1) is 9.65. The Morgan fingerprint density at radius 1 is 1.30 bits per heavy atom. The fourth-order valence-corrected chi connectivity index (χ4v) is 2.36. The van der Waals surface area contributed by atoms with Crippen LogP contribution >= 0.6 is 0 Å². The Balaban J connectivity index is 2.27. The summed E-state index contributed by atoms with van der Waals surface area (Å²) in [5.74, 6) is 1.47. The van der Waals surface area contributed by atoms with Crippen LogP contribution in [0.25, 0.3) is 22.9 Å². The van der Waals surface area contributed by atoms with Crippen molar-refractivity contribution >= 4 is 11.6 Å². The molecule has 0 unspecified atom stereocenters. The summed E-state index contributed by atoms with van der Waals surface area (Å²) in [6.07, 6.45) is 7.18. The first-order valence-electron chi connectivity index (χ1n) is 6.19. The summed E-state index contributed by atoms with van der Waals surface area (Å²) >= 11 is 0. The lowest BCUT2D eigenvalue weighted by Gasteiger charge is -2.05. The van der Waals surface area contributed by atoms with Crippen LogP contribution in [0.2, 0.25) is 0 Å². The van der Waals surface area contributed by atoms with E-state index >= 15 is 0 Å². The number of hydrogen-bond acceptors (Lipinski definition) is 4. The Morgan fingerprint density at radius 2 is 2.05 bits per heavy atom. The van der Waals surface area contributed by atoms with Gasteiger partial charge in [0.25, 0.3) is 0 Å². The molecule has 0 aliphatic rings. The van der Waals surface area contributed by atoms with E-state index in [1.807, 2.05) is 24.6 Å². The normalized spacial score (nSPS) is 10.9. The van der Waals surface area contributed by atoms with E-state index in [2.05, 4.69) is 21.6 Å². The summed E-state index contributed by atoms with van der Waals surface area (Å²) in [5.41, 5.74) is 3.47. The molecule has 0 bridgehead atoms. The van der Waals surface area contributed by atoms with Gasteiger partial charge in [-0.2, -0.15) is 5.10 Å². The SMILES string of the molecule is C=Cc1ncc2cnc(-c3c(C)nn(C)c3OC)cn12. The summed E-state index contributed by atoms with van der Waals surface area (Å²) in [4.78, 5) is 8.75. The second-order valence-corrected chi connectivity index (χ2v) is 4.48. The van der Waals surface area contributed by atoms with E-state index < -0.39 is 0 Å². The van der Waals surface area contributed by atoms with Crippen molar-refractivity contribution in [2.45, 2.75) is 6.92 Å². The number of ether oxygens (including phenoxy) is 1. The fourth-order valence-electron chi connectivity index (χ4n) is 2.36. The fraction of sp³-hybridized carbons (Fsp3) is 0.214. The van der Waals surface area contributed by atoms with Crippen LogP contribution in [0.15, 0.2) is 25.2 Å². The van der Waals surface area contributed by atoms with Crippen LogP contribution in [0.4, 0.5) is 0 Å². The van der Waals surface area contributed by atoms with Crippen LogP contribution in [-0.4, -0.2) is 31.3 Å². The average Bonchev–Trinajstić information content (AvgIpc) is 2.97. The highest BCUT2D eigenvalue weighted by atomic mass is 16.5. The van der Waals surface area contributed by atoms with Gasteiger partial charge >= 0.3 is 0 Å². The molecule has 0 saturated carbocycles. The Kier molecular flexibility index (Phi) is 2.78. The van der Waals surface area contributed by atoms with Crippen molar-refractivity contribution in [2.75, 3.05) is 7.11 Å². The van der Waals surface area contributed by atoms with Crippen molar-refractivity contribution in [2.24, 2.45) is 7.05 Å². The third-order valence-electron chi connectivity index (χ3n) is 3.24. The van der Waals surface area contributed by atoms with Gasteiger partial charge in [-0.1, -0.05) is 6.58 Å². The van der Waals surface area contributed by atoms with Crippen LogP contribution < -0.4 is 4.74 Å². The molecule has 0 fully saturated rings. The smallest absolute Gasteiger partial charge is 0.221 e. The van der Waals surface area contributed by atoms with E-state index in [-0.39, 0.29) is 0 Å². The zero-order chi connectivity index (χ0) is 14.3. The molecule has 0 saturated heterocycles. The minimum Gasteiger partial charge on any atom is -0.481 e. The minimum absolute atomic E-state index is 0.689. The lowest BCUT2D eigenvalue weighted by atomic mass is 10.2. The topological polar surface area (TPSA) is 57.2 Å². The third-order valence-corrected chi connectivity index (χ3v) is 3.24. The van der Waals surface area contributed by atoms with E-state index in [0.29, 0.717) is 5.88 Å². The molecule has 3 aromatic rings. The number of imidazole rings is 1. The summed E-state index contributed by atoms with van der Waals surface area (Å²) in [7, 11) is 3.48. The lowest BCUT2D eigenvalue weighted by molar-refractivity contribution is 0.374. The van der Waals surface area contributed by atoms with Crippen LogP contribution in [-0.2, 0) is 7.05 Å². The summed E-state index contributed by atoms with van der Waals surface area (Å²) < 4.78 is 9.07. The second kappa shape index (κ2) is 4.48. The van der Waals surface area contributed by atoms with Gasteiger partial charge in [0.05, 0.1) is 42.0 Å². The van der Waals surface area contributed by atoms with Gasteiger partial charge in [-0.15, -0.1) is 0 Å². The van der Waals surface area contributed by atoms with Gasteiger partial charge in [-0.05, 0) is 13.0 Å². The quantitative estimate of drug-likeness (QED) is 0.730. The van der Waals surface area contributed by atoms with E-state index in [0.717, 1.165) is 28.3 Å². The van der Waals surface area contributed by atoms with E-state index in [1.54, 1.807) is 30.3 Å². The van der Waals surface area contributed by atoms with Crippen LogP contribution in [0.5, 0.6) is 5.88 Å². The van der Waals surface area contributed by atoms with Gasteiger partial charge in [0.2, 0.25) is 5.88 Å². The molecule has 0 aromatic carbocycles. The molecule has 102 valence electrons. The van der Waals surface area contributed by atoms with Gasteiger partial charge in [0.15, 0.2) is 0 Å². The van der Waals surface area contributed by atoms with Crippen molar-refractivity contribution in [1.82, 2.24) is 24.1 Å². The first kappa shape index (κ1) is 12.4. The average molecular weight is 269 g/mol. The Hall–Kier alpha value is -2.63. The molecule has 6 heteroatoms. The molecule has 3 rings (SSSR count).